The van der Waals surface area contributed by atoms with Crippen molar-refractivity contribution in [3.63, 3.8) is 0 Å². The molecule has 0 radical (unpaired) electrons. The topological polar surface area (TPSA) is 107 Å². The van der Waals surface area contributed by atoms with E-state index in [1.807, 2.05) is 0 Å². The van der Waals surface area contributed by atoms with Crippen molar-refractivity contribution in [3.05, 3.63) is 37.9 Å². The molecule has 1 aromatic rings. The maximum atomic E-state index is 12.4. The molecule has 9 heteroatoms. The Morgan fingerprint density at radius 2 is 2.05 bits per heavy atom. The maximum absolute atomic E-state index is 12.4. The van der Waals surface area contributed by atoms with Crippen LogP contribution < -0.4 is 5.73 Å². The maximum Gasteiger partial charge on any atom is 0.290 e. The highest BCUT2D eigenvalue weighted by molar-refractivity contribution is 6.43. The van der Waals surface area contributed by atoms with Gasteiger partial charge in [0.25, 0.3) is 11.6 Å². The first-order valence-electron chi connectivity index (χ1n) is 6.06. The molecule has 0 saturated carbocycles. The van der Waals surface area contributed by atoms with E-state index in [1.165, 1.54) is 11.0 Å². The highest BCUT2D eigenvalue weighted by Crippen LogP contribution is 2.34. The van der Waals surface area contributed by atoms with E-state index in [2.05, 4.69) is 0 Å². The van der Waals surface area contributed by atoms with Crippen LogP contribution in [0.15, 0.2) is 12.1 Å². The number of carbonyl (C=O) groups excluding carboxylic acids is 2. The summed E-state index contributed by atoms with van der Waals surface area (Å²) in [7, 11) is 0. The van der Waals surface area contributed by atoms with E-state index < -0.39 is 28.5 Å². The zero-order valence-corrected chi connectivity index (χ0v) is 12.2. The number of rotatable bonds is 3. The zero-order valence-electron chi connectivity index (χ0n) is 10.7. The average Bonchev–Trinajstić information content (AvgIpc) is 2.89. The van der Waals surface area contributed by atoms with Gasteiger partial charge in [-0.15, -0.1) is 0 Å². The van der Waals surface area contributed by atoms with Crippen molar-refractivity contribution >= 4 is 40.7 Å². The fraction of sp³-hybridized carbons (Fsp3) is 0.333. The van der Waals surface area contributed by atoms with Gasteiger partial charge in [-0.1, -0.05) is 23.2 Å². The van der Waals surface area contributed by atoms with Crippen molar-refractivity contribution in [1.29, 1.82) is 0 Å². The summed E-state index contributed by atoms with van der Waals surface area (Å²) in [5.74, 6) is -1.13. The quantitative estimate of drug-likeness (QED) is 0.675. The predicted molar refractivity (Wildman–Crippen MR) is 76.4 cm³/mol. The second kappa shape index (κ2) is 5.87. The van der Waals surface area contributed by atoms with Crippen LogP contribution in [-0.2, 0) is 4.79 Å². The van der Waals surface area contributed by atoms with Crippen molar-refractivity contribution in [2.75, 3.05) is 6.54 Å². The predicted octanol–water partition coefficient (Wildman–Crippen LogP) is 1.99. The molecule has 112 valence electrons. The number of nitro groups is 1. The Balaban J connectivity index is 2.40. The van der Waals surface area contributed by atoms with Crippen LogP contribution in [-0.4, -0.2) is 34.2 Å². The van der Waals surface area contributed by atoms with Crippen LogP contribution in [0, 0.1) is 10.1 Å². The molecule has 1 aliphatic rings. The molecule has 1 fully saturated rings. The standard InChI is InChI=1S/C12H11Cl2N3O4/c13-7-4-6(5-9(10(7)14)17(20)21)12(19)16-3-1-2-8(16)11(15)18/h4-5,8H,1-3H2,(H2,15,18). The van der Waals surface area contributed by atoms with E-state index in [1.54, 1.807) is 0 Å². The third-order valence-electron chi connectivity index (χ3n) is 3.29. The van der Waals surface area contributed by atoms with Gasteiger partial charge in [0.2, 0.25) is 5.91 Å². The van der Waals surface area contributed by atoms with Crippen molar-refractivity contribution in [2.45, 2.75) is 18.9 Å². The molecule has 1 aliphatic heterocycles. The Kier molecular flexibility index (Phi) is 4.34. The summed E-state index contributed by atoms with van der Waals surface area (Å²) in [4.78, 5) is 35.2. The Bertz CT molecular complexity index is 635. The number of nitrogens with two attached hydrogens (primary N) is 1. The first kappa shape index (κ1) is 15.5. The van der Waals surface area contributed by atoms with Crippen LogP contribution in [0.1, 0.15) is 23.2 Å². The molecule has 21 heavy (non-hydrogen) atoms. The van der Waals surface area contributed by atoms with Crippen molar-refractivity contribution in [2.24, 2.45) is 5.73 Å². The largest absolute Gasteiger partial charge is 0.368 e. The van der Waals surface area contributed by atoms with E-state index in [9.17, 15) is 19.7 Å². The van der Waals surface area contributed by atoms with Crippen LogP contribution in [0.25, 0.3) is 0 Å². The van der Waals surface area contributed by atoms with Gasteiger partial charge in [0.1, 0.15) is 11.1 Å². The van der Waals surface area contributed by atoms with E-state index in [0.717, 1.165) is 6.07 Å². The number of likely N-dealkylation sites (tertiary alicyclic amines) is 1. The smallest absolute Gasteiger partial charge is 0.290 e. The molecule has 1 heterocycles. The van der Waals surface area contributed by atoms with E-state index in [-0.39, 0.29) is 15.6 Å². The van der Waals surface area contributed by atoms with E-state index >= 15 is 0 Å². The molecule has 1 saturated heterocycles. The molecule has 0 aliphatic carbocycles. The molecule has 0 spiro atoms. The zero-order chi connectivity index (χ0) is 15.7. The second-order valence-electron chi connectivity index (χ2n) is 4.61. The average molecular weight is 332 g/mol. The van der Waals surface area contributed by atoms with Crippen LogP contribution in [0.5, 0.6) is 0 Å². The number of benzene rings is 1. The summed E-state index contributed by atoms with van der Waals surface area (Å²) >= 11 is 11.5. The highest BCUT2D eigenvalue weighted by Gasteiger charge is 2.34. The monoisotopic (exact) mass is 331 g/mol. The van der Waals surface area contributed by atoms with Crippen LogP contribution in [0.2, 0.25) is 10.0 Å². The molecule has 1 aromatic carbocycles. The van der Waals surface area contributed by atoms with E-state index in [0.29, 0.717) is 19.4 Å². The number of amides is 2. The molecular weight excluding hydrogens is 321 g/mol. The number of primary amides is 1. The Hall–Kier alpha value is -1.86. The Morgan fingerprint density at radius 3 is 2.62 bits per heavy atom. The lowest BCUT2D eigenvalue weighted by Gasteiger charge is -2.22. The summed E-state index contributed by atoms with van der Waals surface area (Å²) in [5.41, 5.74) is 4.80. The van der Waals surface area contributed by atoms with Gasteiger partial charge in [-0.3, -0.25) is 19.7 Å². The van der Waals surface area contributed by atoms with Gasteiger partial charge in [0, 0.05) is 18.2 Å². The first-order valence-corrected chi connectivity index (χ1v) is 6.82. The number of halogens is 2. The third-order valence-corrected chi connectivity index (χ3v) is 4.09. The lowest BCUT2D eigenvalue weighted by Crippen LogP contribution is -2.43. The summed E-state index contributed by atoms with van der Waals surface area (Å²) in [6, 6.07) is 1.59. The minimum absolute atomic E-state index is 0.00394. The first-order chi connectivity index (χ1) is 9.82. The lowest BCUT2D eigenvalue weighted by atomic mass is 10.1. The van der Waals surface area contributed by atoms with Crippen LogP contribution in [0.4, 0.5) is 5.69 Å². The summed E-state index contributed by atoms with van der Waals surface area (Å²) in [6.07, 6.45) is 1.12. The summed E-state index contributed by atoms with van der Waals surface area (Å²) < 4.78 is 0. The van der Waals surface area contributed by atoms with Gasteiger partial charge in [-0.25, -0.2) is 0 Å². The fourth-order valence-corrected chi connectivity index (χ4v) is 2.69. The Morgan fingerprint density at radius 1 is 1.38 bits per heavy atom. The lowest BCUT2D eigenvalue weighted by molar-refractivity contribution is -0.384. The number of hydrogen-bond donors (Lipinski definition) is 1. The van der Waals surface area contributed by atoms with Crippen molar-refractivity contribution in [1.82, 2.24) is 4.90 Å². The number of hydrogen-bond acceptors (Lipinski definition) is 4. The van der Waals surface area contributed by atoms with Crippen LogP contribution in [0.3, 0.4) is 0 Å². The molecule has 2 rings (SSSR count). The van der Waals surface area contributed by atoms with Gasteiger partial charge in [-0.05, 0) is 18.9 Å². The molecule has 2 N–H and O–H groups in total. The minimum Gasteiger partial charge on any atom is -0.368 e. The van der Waals surface area contributed by atoms with Crippen LogP contribution >= 0.6 is 23.2 Å². The molecule has 1 atom stereocenters. The van der Waals surface area contributed by atoms with Gasteiger partial charge < -0.3 is 10.6 Å². The SMILES string of the molecule is NC(=O)C1CCCN1C(=O)c1cc(Cl)c(Cl)c([N+](=O)[O-])c1. The van der Waals surface area contributed by atoms with Gasteiger partial charge in [0.15, 0.2) is 0 Å². The Labute approximate surface area is 129 Å². The van der Waals surface area contributed by atoms with E-state index in [4.69, 9.17) is 28.9 Å². The molecular formula is C12H11Cl2N3O4. The van der Waals surface area contributed by atoms with Crippen molar-refractivity contribution in [3.8, 4) is 0 Å². The number of carbonyl (C=O) groups is 2. The number of nitrogens with zero attached hydrogens (tertiary/aromatic N) is 2. The van der Waals surface area contributed by atoms with Crippen molar-refractivity contribution < 1.29 is 14.5 Å². The third kappa shape index (κ3) is 2.93. The highest BCUT2D eigenvalue weighted by atomic mass is 35.5. The van der Waals surface area contributed by atoms with Gasteiger partial charge in [0.05, 0.1) is 9.95 Å². The minimum atomic E-state index is -0.722. The summed E-state index contributed by atoms with van der Waals surface area (Å²) in [6.45, 7) is 0.362. The molecule has 1 unspecified atom stereocenters. The fourth-order valence-electron chi connectivity index (χ4n) is 2.30. The molecule has 0 bridgehead atoms. The second-order valence-corrected chi connectivity index (χ2v) is 5.39. The summed E-state index contributed by atoms with van der Waals surface area (Å²) in [5, 5.41) is 10.6. The van der Waals surface area contributed by atoms with Gasteiger partial charge in [-0.2, -0.15) is 0 Å². The normalized spacial score (nSPS) is 17.8. The van der Waals surface area contributed by atoms with Gasteiger partial charge >= 0.3 is 0 Å². The number of nitro benzene ring substituents is 1. The molecule has 0 aromatic heterocycles. The molecule has 7 nitrogen and oxygen atoms in total. The molecule has 2 amide bonds.